The monoisotopic (exact) mass is 510 g/mol. The number of rotatable bonds is 9. The Balaban J connectivity index is 2.03. The standard InChI is InChI=1S/C29H32Cl2N2O2/c1-19(2)32-29(35)27(16-22-9-6-5-7-10-22)33(18-24-25(30)11-8-12-26(24)31)28(34)17-23-14-13-20(3)21(4)15-23/h5-15,19,27H,16-18H2,1-4H3,(H,32,35). The molecule has 2 amide bonds. The normalized spacial score (nSPS) is 11.9. The Morgan fingerprint density at radius 3 is 2.11 bits per heavy atom. The second-order valence-corrected chi connectivity index (χ2v) is 10.0. The Labute approximate surface area is 218 Å². The number of halogens is 2. The third-order valence-electron chi connectivity index (χ3n) is 6.02. The molecule has 0 spiro atoms. The molecule has 3 aromatic carbocycles. The Kier molecular flexibility index (Phi) is 9.36. The number of nitrogens with one attached hydrogen (secondary N) is 1. The molecule has 0 radical (unpaired) electrons. The van der Waals surface area contributed by atoms with Crippen LogP contribution in [0.4, 0.5) is 0 Å². The topological polar surface area (TPSA) is 49.4 Å². The van der Waals surface area contributed by atoms with Crippen molar-refractivity contribution in [2.75, 3.05) is 0 Å². The number of nitrogens with zero attached hydrogens (tertiary/aromatic N) is 1. The van der Waals surface area contributed by atoms with Crippen LogP contribution in [0.5, 0.6) is 0 Å². The number of hydrogen-bond donors (Lipinski definition) is 1. The van der Waals surface area contributed by atoms with E-state index in [0.29, 0.717) is 22.0 Å². The van der Waals surface area contributed by atoms with Gasteiger partial charge in [-0.1, -0.05) is 77.8 Å². The Hall–Kier alpha value is -2.82. The average molecular weight is 511 g/mol. The molecule has 0 aliphatic rings. The van der Waals surface area contributed by atoms with E-state index >= 15 is 0 Å². The summed E-state index contributed by atoms with van der Waals surface area (Å²) in [4.78, 5) is 28.9. The zero-order valence-corrected chi connectivity index (χ0v) is 22.2. The van der Waals surface area contributed by atoms with E-state index in [9.17, 15) is 9.59 Å². The van der Waals surface area contributed by atoms with Crippen molar-refractivity contribution >= 4 is 35.0 Å². The third-order valence-corrected chi connectivity index (χ3v) is 6.73. The molecule has 184 valence electrons. The molecule has 0 fully saturated rings. The van der Waals surface area contributed by atoms with Crippen molar-refractivity contribution in [1.29, 1.82) is 0 Å². The molecular weight excluding hydrogens is 479 g/mol. The second kappa shape index (κ2) is 12.2. The van der Waals surface area contributed by atoms with E-state index in [-0.39, 0.29) is 30.8 Å². The molecule has 1 atom stereocenters. The zero-order valence-electron chi connectivity index (χ0n) is 20.6. The van der Waals surface area contributed by atoms with Gasteiger partial charge < -0.3 is 10.2 Å². The molecule has 0 aliphatic carbocycles. The van der Waals surface area contributed by atoms with Crippen LogP contribution >= 0.6 is 23.2 Å². The fourth-order valence-corrected chi connectivity index (χ4v) is 4.50. The van der Waals surface area contributed by atoms with E-state index < -0.39 is 6.04 Å². The van der Waals surface area contributed by atoms with Crippen molar-refractivity contribution in [3.8, 4) is 0 Å². The van der Waals surface area contributed by atoms with Crippen molar-refractivity contribution in [3.05, 3.63) is 105 Å². The lowest BCUT2D eigenvalue weighted by Gasteiger charge is -2.32. The number of hydrogen-bond acceptors (Lipinski definition) is 2. The molecular formula is C29H32Cl2N2O2. The van der Waals surface area contributed by atoms with Gasteiger partial charge in [0.2, 0.25) is 11.8 Å². The van der Waals surface area contributed by atoms with Gasteiger partial charge in [0, 0.05) is 34.6 Å². The minimum absolute atomic E-state index is 0.0682. The van der Waals surface area contributed by atoms with Gasteiger partial charge in [0.15, 0.2) is 0 Å². The predicted molar refractivity (Wildman–Crippen MR) is 144 cm³/mol. The minimum Gasteiger partial charge on any atom is -0.352 e. The van der Waals surface area contributed by atoms with Gasteiger partial charge >= 0.3 is 0 Å². The van der Waals surface area contributed by atoms with Crippen LogP contribution < -0.4 is 5.32 Å². The van der Waals surface area contributed by atoms with E-state index in [1.165, 1.54) is 5.56 Å². The molecule has 0 bridgehead atoms. The number of carbonyl (C=O) groups excluding carboxylic acids is 2. The van der Waals surface area contributed by atoms with Crippen molar-refractivity contribution < 1.29 is 9.59 Å². The number of amides is 2. The van der Waals surface area contributed by atoms with E-state index in [1.54, 1.807) is 23.1 Å². The molecule has 1 unspecified atom stereocenters. The minimum atomic E-state index is -0.730. The van der Waals surface area contributed by atoms with Gasteiger partial charge in [0.1, 0.15) is 6.04 Å². The van der Waals surface area contributed by atoms with E-state index in [1.807, 2.05) is 76.2 Å². The van der Waals surface area contributed by atoms with E-state index in [4.69, 9.17) is 23.2 Å². The van der Waals surface area contributed by atoms with E-state index in [2.05, 4.69) is 5.32 Å². The Morgan fingerprint density at radius 1 is 0.857 bits per heavy atom. The SMILES string of the molecule is Cc1ccc(CC(=O)N(Cc2c(Cl)cccc2Cl)C(Cc2ccccc2)C(=O)NC(C)C)cc1C. The molecule has 4 nitrogen and oxygen atoms in total. The first-order valence-electron chi connectivity index (χ1n) is 11.8. The van der Waals surface area contributed by atoms with Gasteiger partial charge in [0.25, 0.3) is 0 Å². The predicted octanol–water partition coefficient (Wildman–Crippen LogP) is 6.32. The summed E-state index contributed by atoms with van der Waals surface area (Å²) in [6.45, 7) is 8.01. The highest BCUT2D eigenvalue weighted by molar-refractivity contribution is 6.36. The highest BCUT2D eigenvalue weighted by atomic mass is 35.5. The van der Waals surface area contributed by atoms with Crippen LogP contribution in [0, 0.1) is 13.8 Å². The van der Waals surface area contributed by atoms with Gasteiger partial charge in [0.05, 0.1) is 6.42 Å². The van der Waals surface area contributed by atoms with Gasteiger partial charge in [-0.3, -0.25) is 9.59 Å². The van der Waals surface area contributed by atoms with Crippen LogP contribution in [0.25, 0.3) is 0 Å². The molecule has 0 saturated carbocycles. The molecule has 6 heteroatoms. The molecule has 0 heterocycles. The largest absolute Gasteiger partial charge is 0.352 e. The first-order valence-corrected chi connectivity index (χ1v) is 12.5. The Morgan fingerprint density at radius 2 is 1.51 bits per heavy atom. The molecule has 3 rings (SSSR count). The third kappa shape index (κ3) is 7.33. The Bertz CT molecular complexity index is 1160. The first kappa shape index (κ1) is 26.8. The van der Waals surface area contributed by atoms with Crippen LogP contribution in [-0.4, -0.2) is 28.8 Å². The number of aryl methyl sites for hydroxylation is 2. The molecule has 0 saturated heterocycles. The van der Waals surface area contributed by atoms with Gasteiger partial charge in [-0.25, -0.2) is 0 Å². The molecule has 1 N–H and O–H groups in total. The first-order chi connectivity index (χ1) is 16.7. The highest BCUT2D eigenvalue weighted by Gasteiger charge is 2.31. The van der Waals surface area contributed by atoms with Crippen LogP contribution in [0.15, 0.2) is 66.7 Å². The maximum Gasteiger partial charge on any atom is 0.243 e. The summed E-state index contributed by atoms with van der Waals surface area (Å²) < 4.78 is 0. The molecule has 0 aromatic heterocycles. The smallest absolute Gasteiger partial charge is 0.243 e. The zero-order chi connectivity index (χ0) is 25.5. The lowest BCUT2D eigenvalue weighted by atomic mass is 10.00. The molecule has 35 heavy (non-hydrogen) atoms. The summed E-state index contributed by atoms with van der Waals surface area (Å²) in [5.74, 6) is -0.371. The lowest BCUT2D eigenvalue weighted by Crippen LogP contribution is -2.52. The summed E-state index contributed by atoms with van der Waals surface area (Å²) in [6, 6.07) is 20.2. The van der Waals surface area contributed by atoms with Crippen molar-refractivity contribution in [1.82, 2.24) is 10.2 Å². The van der Waals surface area contributed by atoms with Gasteiger partial charge in [-0.05, 0) is 62.1 Å². The van der Waals surface area contributed by atoms with Crippen molar-refractivity contribution in [2.45, 2.75) is 59.2 Å². The fraction of sp³-hybridized carbons (Fsp3) is 0.310. The number of carbonyl (C=O) groups is 2. The fourth-order valence-electron chi connectivity index (χ4n) is 3.98. The summed E-state index contributed by atoms with van der Waals surface area (Å²) in [5.41, 5.74) is 4.77. The molecule has 3 aromatic rings. The van der Waals surface area contributed by atoms with Gasteiger partial charge in [-0.2, -0.15) is 0 Å². The van der Waals surface area contributed by atoms with Crippen LogP contribution in [0.2, 0.25) is 10.0 Å². The van der Waals surface area contributed by atoms with Gasteiger partial charge in [-0.15, -0.1) is 0 Å². The maximum absolute atomic E-state index is 13.8. The average Bonchev–Trinajstić information content (AvgIpc) is 2.80. The summed E-state index contributed by atoms with van der Waals surface area (Å²) in [7, 11) is 0. The maximum atomic E-state index is 13.8. The van der Waals surface area contributed by atoms with Crippen LogP contribution in [-0.2, 0) is 29.0 Å². The van der Waals surface area contributed by atoms with Crippen LogP contribution in [0.3, 0.4) is 0 Å². The molecule has 0 aliphatic heterocycles. The quantitative estimate of drug-likeness (QED) is 0.366. The summed E-state index contributed by atoms with van der Waals surface area (Å²) in [5, 5.41) is 3.92. The summed E-state index contributed by atoms with van der Waals surface area (Å²) >= 11 is 13.0. The van der Waals surface area contributed by atoms with Crippen molar-refractivity contribution in [3.63, 3.8) is 0 Å². The number of benzene rings is 3. The van der Waals surface area contributed by atoms with E-state index in [0.717, 1.165) is 16.7 Å². The lowest BCUT2D eigenvalue weighted by molar-refractivity contribution is -0.141. The summed E-state index contributed by atoms with van der Waals surface area (Å²) in [6.07, 6.45) is 0.545. The highest BCUT2D eigenvalue weighted by Crippen LogP contribution is 2.27. The second-order valence-electron chi connectivity index (χ2n) is 9.19. The van der Waals surface area contributed by atoms with Crippen molar-refractivity contribution in [2.24, 2.45) is 0 Å². The van der Waals surface area contributed by atoms with Crippen LogP contribution in [0.1, 0.15) is 41.7 Å².